The van der Waals surface area contributed by atoms with Gasteiger partial charge in [-0.25, -0.2) is 0 Å². The Morgan fingerprint density at radius 1 is 1.25 bits per heavy atom. The highest BCUT2D eigenvalue weighted by molar-refractivity contribution is 5.75. The summed E-state index contributed by atoms with van der Waals surface area (Å²) in [7, 11) is 0. The van der Waals surface area contributed by atoms with Crippen LogP contribution in [-0.2, 0) is 4.79 Å². The van der Waals surface area contributed by atoms with Crippen LogP contribution in [0, 0.1) is 5.92 Å². The number of rotatable bonds is 5. The molecule has 0 radical (unpaired) electrons. The van der Waals surface area contributed by atoms with Gasteiger partial charge in [-0.3, -0.25) is 4.79 Å². The van der Waals surface area contributed by atoms with E-state index in [4.69, 9.17) is 9.84 Å². The van der Waals surface area contributed by atoms with Crippen molar-refractivity contribution < 1.29 is 14.6 Å². The summed E-state index contributed by atoms with van der Waals surface area (Å²) in [5.74, 6) is -0.0114. The van der Waals surface area contributed by atoms with Crippen LogP contribution in [0.4, 0.5) is 0 Å². The molecule has 0 bridgehead atoms. The lowest BCUT2D eigenvalue weighted by molar-refractivity contribution is -0.138. The molecule has 16 heavy (non-hydrogen) atoms. The van der Waals surface area contributed by atoms with Crippen molar-refractivity contribution >= 4 is 5.97 Å². The third-order valence-corrected chi connectivity index (χ3v) is 2.33. The Morgan fingerprint density at radius 2 is 1.81 bits per heavy atom. The fourth-order valence-electron chi connectivity index (χ4n) is 1.26. The van der Waals surface area contributed by atoms with Gasteiger partial charge < -0.3 is 9.84 Å². The highest BCUT2D eigenvalue weighted by atomic mass is 16.5. The number of hydrogen-bond donors (Lipinski definition) is 1. The molecule has 1 atom stereocenters. The molecule has 0 spiro atoms. The van der Waals surface area contributed by atoms with E-state index in [1.165, 1.54) is 0 Å². The van der Waals surface area contributed by atoms with Crippen molar-refractivity contribution in [2.45, 2.75) is 26.7 Å². The fraction of sp³-hybridized carbons (Fsp3) is 0.462. The summed E-state index contributed by atoms with van der Waals surface area (Å²) in [5.41, 5.74) is 0.796. The van der Waals surface area contributed by atoms with Crippen LogP contribution in [0.3, 0.4) is 0 Å². The Hall–Kier alpha value is -1.51. The van der Waals surface area contributed by atoms with Gasteiger partial charge in [-0.1, -0.05) is 26.0 Å². The Labute approximate surface area is 96.1 Å². The van der Waals surface area contributed by atoms with Crippen molar-refractivity contribution in [1.29, 1.82) is 0 Å². The Balaban J connectivity index is 2.64. The molecule has 1 aromatic rings. The van der Waals surface area contributed by atoms with Crippen molar-refractivity contribution in [3.8, 4) is 5.75 Å². The molecule has 0 amide bonds. The van der Waals surface area contributed by atoms with E-state index in [2.05, 4.69) is 13.8 Å². The predicted octanol–water partition coefficient (Wildman–Crippen LogP) is 2.91. The van der Waals surface area contributed by atoms with Gasteiger partial charge >= 0.3 is 5.97 Å². The highest BCUT2D eigenvalue weighted by Crippen LogP contribution is 2.19. The first-order chi connectivity index (χ1) is 7.50. The number of carboxylic acid groups (broad SMARTS) is 1. The average Bonchev–Trinajstić information content (AvgIpc) is 2.26. The topological polar surface area (TPSA) is 46.5 Å². The molecule has 1 rings (SSSR count). The van der Waals surface area contributed by atoms with Crippen LogP contribution in [0.5, 0.6) is 5.75 Å². The van der Waals surface area contributed by atoms with E-state index in [-0.39, 0.29) is 0 Å². The van der Waals surface area contributed by atoms with Crippen molar-refractivity contribution in [3.63, 3.8) is 0 Å². The quantitative estimate of drug-likeness (QED) is 0.833. The van der Waals surface area contributed by atoms with Crippen LogP contribution in [0.1, 0.15) is 32.3 Å². The minimum absolute atomic E-state index is 0.473. The maximum atomic E-state index is 10.8. The van der Waals surface area contributed by atoms with Gasteiger partial charge in [0.15, 0.2) is 0 Å². The van der Waals surface area contributed by atoms with Gasteiger partial charge in [-0.15, -0.1) is 0 Å². The molecule has 0 fully saturated rings. The molecule has 1 aromatic carbocycles. The van der Waals surface area contributed by atoms with Crippen LogP contribution in [-0.4, -0.2) is 17.7 Å². The summed E-state index contributed by atoms with van der Waals surface area (Å²) < 4.78 is 5.52. The maximum Gasteiger partial charge on any atom is 0.310 e. The van der Waals surface area contributed by atoms with E-state index in [1.54, 1.807) is 19.1 Å². The lowest BCUT2D eigenvalue weighted by Gasteiger charge is -2.10. The molecule has 1 unspecified atom stereocenters. The third kappa shape index (κ3) is 3.57. The summed E-state index contributed by atoms with van der Waals surface area (Å²) in [6.07, 6.45) is 0. The number of ether oxygens (including phenoxy) is 1. The average molecular weight is 222 g/mol. The molecule has 0 saturated heterocycles. The van der Waals surface area contributed by atoms with Gasteiger partial charge in [0.1, 0.15) is 5.75 Å². The summed E-state index contributed by atoms with van der Waals surface area (Å²) in [5, 5.41) is 8.85. The number of aliphatic carboxylic acids is 1. The van der Waals surface area contributed by atoms with Gasteiger partial charge in [0.2, 0.25) is 0 Å². The van der Waals surface area contributed by atoms with E-state index in [1.807, 2.05) is 12.1 Å². The van der Waals surface area contributed by atoms with E-state index in [9.17, 15) is 4.79 Å². The standard InChI is InChI=1S/C13H18O3/c1-9(2)8-16-12-6-4-11(5-7-12)10(3)13(14)15/h4-7,9-10H,8H2,1-3H3,(H,14,15). The Morgan fingerprint density at radius 3 is 2.25 bits per heavy atom. The minimum atomic E-state index is -0.809. The van der Waals surface area contributed by atoms with Crippen molar-refractivity contribution in [3.05, 3.63) is 29.8 Å². The van der Waals surface area contributed by atoms with Crippen LogP contribution in [0.15, 0.2) is 24.3 Å². The normalized spacial score (nSPS) is 12.5. The first kappa shape index (κ1) is 12.6. The number of hydrogen-bond acceptors (Lipinski definition) is 2. The lowest BCUT2D eigenvalue weighted by Crippen LogP contribution is -2.07. The monoisotopic (exact) mass is 222 g/mol. The third-order valence-electron chi connectivity index (χ3n) is 2.33. The SMILES string of the molecule is CC(C)COc1ccc(C(C)C(=O)O)cc1. The zero-order valence-electron chi connectivity index (χ0n) is 9.93. The largest absolute Gasteiger partial charge is 0.493 e. The summed E-state index contributed by atoms with van der Waals surface area (Å²) in [6.45, 7) is 6.52. The second kappa shape index (κ2) is 5.54. The highest BCUT2D eigenvalue weighted by Gasteiger charge is 2.13. The van der Waals surface area contributed by atoms with Gasteiger partial charge in [-0.05, 0) is 30.5 Å². The summed E-state index contributed by atoms with van der Waals surface area (Å²) >= 11 is 0. The van der Waals surface area contributed by atoms with E-state index >= 15 is 0 Å². The lowest BCUT2D eigenvalue weighted by atomic mass is 10.0. The Kier molecular flexibility index (Phi) is 4.35. The minimum Gasteiger partial charge on any atom is -0.493 e. The number of carboxylic acids is 1. The molecule has 0 aliphatic carbocycles. The number of carbonyl (C=O) groups is 1. The maximum absolute atomic E-state index is 10.8. The fourth-order valence-corrected chi connectivity index (χ4v) is 1.26. The smallest absolute Gasteiger partial charge is 0.310 e. The predicted molar refractivity (Wildman–Crippen MR) is 62.8 cm³/mol. The van der Waals surface area contributed by atoms with Gasteiger partial charge in [-0.2, -0.15) is 0 Å². The molecular formula is C13H18O3. The molecule has 0 heterocycles. The first-order valence-corrected chi connectivity index (χ1v) is 5.46. The Bertz CT molecular complexity index is 341. The molecule has 0 aromatic heterocycles. The molecule has 1 N–H and O–H groups in total. The van der Waals surface area contributed by atoms with Gasteiger partial charge in [0.05, 0.1) is 12.5 Å². The van der Waals surface area contributed by atoms with Crippen LogP contribution in [0.2, 0.25) is 0 Å². The van der Waals surface area contributed by atoms with Gasteiger partial charge in [0.25, 0.3) is 0 Å². The first-order valence-electron chi connectivity index (χ1n) is 5.46. The zero-order valence-corrected chi connectivity index (χ0v) is 9.93. The van der Waals surface area contributed by atoms with Crippen molar-refractivity contribution in [2.75, 3.05) is 6.61 Å². The molecule has 3 nitrogen and oxygen atoms in total. The van der Waals surface area contributed by atoms with Crippen molar-refractivity contribution in [2.24, 2.45) is 5.92 Å². The van der Waals surface area contributed by atoms with Crippen molar-refractivity contribution in [1.82, 2.24) is 0 Å². The van der Waals surface area contributed by atoms with Crippen LogP contribution >= 0.6 is 0 Å². The molecular weight excluding hydrogens is 204 g/mol. The van der Waals surface area contributed by atoms with Crippen LogP contribution < -0.4 is 4.74 Å². The second-order valence-electron chi connectivity index (χ2n) is 4.33. The summed E-state index contributed by atoms with van der Waals surface area (Å²) in [6, 6.07) is 7.23. The molecule has 88 valence electrons. The zero-order chi connectivity index (χ0) is 12.1. The second-order valence-corrected chi connectivity index (χ2v) is 4.33. The number of benzene rings is 1. The van der Waals surface area contributed by atoms with E-state index in [0.29, 0.717) is 12.5 Å². The van der Waals surface area contributed by atoms with E-state index in [0.717, 1.165) is 11.3 Å². The van der Waals surface area contributed by atoms with Crippen LogP contribution in [0.25, 0.3) is 0 Å². The van der Waals surface area contributed by atoms with E-state index < -0.39 is 11.9 Å². The molecule has 0 aliphatic heterocycles. The summed E-state index contributed by atoms with van der Waals surface area (Å²) in [4.78, 5) is 10.8. The molecule has 0 aliphatic rings. The molecule has 3 heteroatoms. The van der Waals surface area contributed by atoms with Gasteiger partial charge in [0, 0.05) is 0 Å². The molecule has 0 saturated carbocycles.